The predicted octanol–water partition coefficient (Wildman–Crippen LogP) is 9.20. The summed E-state index contributed by atoms with van der Waals surface area (Å²) in [5, 5.41) is 22.5. The minimum Gasteiger partial charge on any atom is -0.480 e. The zero-order valence-corrected chi connectivity index (χ0v) is 32.1. The summed E-state index contributed by atoms with van der Waals surface area (Å²) in [4.78, 5) is 47.5. The van der Waals surface area contributed by atoms with Crippen molar-refractivity contribution in [3.05, 3.63) is 48.6 Å². The number of allylic oxidation sites excluding steroid dienone is 7. The highest BCUT2D eigenvalue weighted by Gasteiger charge is 2.18. The van der Waals surface area contributed by atoms with Gasteiger partial charge in [0.1, 0.15) is 12.1 Å². The van der Waals surface area contributed by atoms with E-state index in [1.54, 1.807) is 0 Å². The number of esters is 1. The Hall–Kier alpha value is -3.20. The summed E-state index contributed by atoms with van der Waals surface area (Å²) < 4.78 is 5.89. The number of aliphatic hydroxyl groups is 1. The number of hydrogen-bond acceptors (Lipinski definition) is 6. The van der Waals surface area contributed by atoms with Crippen LogP contribution in [0.15, 0.2) is 48.6 Å². The number of hydrogen-bond donors (Lipinski definition) is 4. The minimum absolute atomic E-state index is 0.129. The molecule has 0 saturated heterocycles. The maximum atomic E-state index is 12.7. The van der Waals surface area contributed by atoms with Crippen LogP contribution in [0.1, 0.15) is 168 Å². The number of carbonyl (C=O) groups excluding carboxylic acids is 3. The van der Waals surface area contributed by atoms with Crippen LogP contribution < -0.4 is 10.6 Å². The molecule has 0 saturated carbocycles. The Morgan fingerprint density at radius 3 is 1.80 bits per heavy atom. The van der Waals surface area contributed by atoms with E-state index in [0.29, 0.717) is 12.8 Å². The Balaban J connectivity index is 4.37. The molecule has 0 aliphatic heterocycles. The highest BCUT2D eigenvalue weighted by Crippen LogP contribution is 2.15. The molecule has 0 aromatic carbocycles. The van der Waals surface area contributed by atoms with Crippen molar-refractivity contribution in [3.8, 4) is 0 Å². The third-order valence-electron chi connectivity index (χ3n) is 8.54. The molecular formula is C42H72N2O7. The molecule has 2 atom stereocenters. The molecular weight excluding hydrogens is 644 g/mol. The molecule has 0 aliphatic carbocycles. The molecule has 0 bridgehead atoms. The molecule has 0 aromatic heterocycles. The second kappa shape index (κ2) is 36.6. The highest BCUT2D eigenvalue weighted by atomic mass is 16.5. The summed E-state index contributed by atoms with van der Waals surface area (Å²) in [5.41, 5.74) is 0. The topological polar surface area (TPSA) is 142 Å². The van der Waals surface area contributed by atoms with Crippen LogP contribution >= 0.6 is 0 Å². The first kappa shape index (κ1) is 47.8. The van der Waals surface area contributed by atoms with Gasteiger partial charge in [-0.3, -0.25) is 14.4 Å². The van der Waals surface area contributed by atoms with E-state index in [4.69, 9.17) is 14.9 Å². The first-order valence-corrected chi connectivity index (χ1v) is 20.0. The lowest BCUT2D eigenvalue weighted by molar-refractivity contribution is -0.147. The van der Waals surface area contributed by atoms with E-state index in [1.807, 2.05) is 0 Å². The molecule has 0 fully saturated rings. The van der Waals surface area contributed by atoms with Crippen LogP contribution in [0.2, 0.25) is 0 Å². The van der Waals surface area contributed by atoms with Gasteiger partial charge in [-0.15, -0.1) is 0 Å². The van der Waals surface area contributed by atoms with Crippen molar-refractivity contribution in [1.29, 1.82) is 0 Å². The first-order valence-electron chi connectivity index (χ1n) is 20.0. The Morgan fingerprint density at radius 2 is 1.18 bits per heavy atom. The maximum absolute atomic E-state index is 12.7. The van der Waals surface area contributed by atoms with Crippen LogP contribution in [-0.2, 0) is 23.9 Å². The van der Waals surface area contributed by atoms with Crippen LogP contribution in [0.4, 0.5) is 0 Å². The molecule has 0 aliphatic rings. The zero-order valence-electron chi connectivity index (χ0n) is 32.1. The largest absolute Gasteiger partial charge is 0.480 e. The van der Waals surface area contributed by atoms with E-state index in [2.05, 4.69) is 73.1 Å². The summed E-state index contributed by atoms with van der Waals surface area (Å²) >= 11 is 0. The number of amides is 2. The number of nitrogens with one attached hydrogen (secondary N) is 2. The molecule has 0 rings (SSSR count). The van der Waals surface area contributed by atoms with Gasteiger partial charge in [0, 0.05) is 12.8 Å². The molecule has 2 amide bonds. The van der Waals surface area contributed by atoms with Crippen molar-refractivity contribution in [2.24, 2.45) is 0 Å². The van der Waals surface area contributed by atoms with E-state index in [0.717, 1.165) is 83.5 Å². The van der Waals surface area contributed by atoms with Crippen molar-refractivity contribution in [1.82, 2.24) is 10.6 Å². The maximum Gasteiger partial charge on any atom is 0.328 e. The van der Waals surface area contributed by atoms with E-state index >= 15 is 0 Å². The standard InChI is InChI=1S/C42H72N2O7/c1-3-5-7-9-11-13-14-15-16-17-18-20-22-24-30-34-41(48)51-37(31-27-23-21-19-12-10-8-6-4-2)32-28-25-26-29-33-39(46)43-35-40(47)44-38(36-45)42(49)50/h5,7,11,13,15-16,27,31,37-38,45H,3-4,6,8-10,12,14,17-26,28-30,32-36H2,1-2H3,(H,43,46)(H,44,47)(H,49,50)/b7-5-,13-11-,16-15-,31-27-. The predicted molar refractivity (Wildman–Crippen MR) is 208 cm³/mol. The second-order valence-electron chi connectivity index (χ2n) is 13.3. The molecule has 0 radical (unpaired) electrons. The van der Waals surface area contributed by atoms with Gasteiger partial charge in [-0.05, 0) is 76.7 Å². The van der Waals surface area contributed by atoms with Gasteiger partial charge in [-0.2, -0.15) is 0 Å². The lowest BCUT2D eigenvalue weighted by Crippen LogP contribution is -2.47. The van der Waals surface area contributed by atoms with Gasteiger partial charge in [-0.1, -0.05) is 127 Å². The summed E-state index contributed by atoms with van der Waals surface area (Å²) in [7, 11) is 0. The Labute approximate surface area is 309 Å². The fourth-order valence-corrected chi connectivity index (χ4v) is 5.46. The number of aliphatic carboxylic acids is 1. The molecule has 9 heteroatoms. The summed E-state index contributed by atoms with van der Waals surface area (Å²) in [6.45, 7) is 3.32. The molecule has 51 heavy (non-hydrogen) atoms. The van der Waals surface area contributed by atoms with E-state index in [1.165, 1.54) is 51.4 Å². The number of unbranched alkanes of at least 4 members (excludes halogenated alkanes) is 15. The Morgan fingerprint density at radius 1 is 0.627 bits per heavy atom. The summed E-state index contributed by atoms with van der Waals surface area (Å²) in [6.07, 6.45) is 41.5. The van der Waals surface area contributed by atoms with Crippen LogP contribution in [0.5, 0.6) is 0 Å². The lowest BCUT2D eigenvalue weighted by atomic mass is 10.1. The SMILES string of the molecule is CC/C=C\C/C=C\C/C=C\CCCCCCCC(=O)OC(/C=C\CCCCCCCCC)CCCCCCC(=O)NCC(=O)NC(CO)C(=O)O. The lowest BCUT2D eigenvalue weighted by Gasteiger charge is -2.15. The van der Waals surface area contributed by atoms with Crippen LogP contribution in [0.25, 0.3) is 0 Å². The van der Waals surface area contributed by atoms with E-state index < -0.39 is 24.5 Å². The van der Waals surface area contributed by atoms with Gasteiger partial charge in [0.25, 0.3) is 0 Å². The molecule has 9 nitrogen and oxygen atoms in total. The number of ether oxygens (including phenoxy) is 1. The van der Waals surface area contributed by atoms with Gasteiger partial charge >= 0.3 is 11.9 Å². The fourth-order valence-electron chi connectivity index (χ4n) is 5.46. The minimum atomic E-state index is -1.39. The van der Waals surface area contributed by atoms with Crippen molar-refractivity contribution in [2.45, 2.75) is 180 Å². The molecule has 0 spiro atoms. The molecule has 4 N–H and O–H groups in total. The van der Waals surface area contributed by atoms with Crippen molar-refractivity contribution in [3.63, 3.8) is 0 Å². The monoisotopic (exact) mass is 717 g/mol. The van der Waals surface area contributed by atoms with E-state index in [-0.39, 0.29) is 30.9 Å². The number of aliphatic hydroxyl groups excluding tert-OH is 1. The number of carbonyl (C=O) groups is 4. The third kappa shape index (κ3) is 33.7. The first-order chi connectivity index (χ1) is 24.8. The number of carboxylic acids is 1. The van der Waals surface area contributed by atoms with Crippen molar-refractivity contribution < 1.29 is 34.1 Å². The zero-order chi connectivity index (χ0) is 37.6. The fraction of sp³-hybridized carbons (Fsp3) is 0.714. The van der Waals surface area contributed by atoms with Crippen molar-refractivity contribution >= 4 is 23.8 Å². The van der Waals surface area contributed by atoms with Crippen LogP contribution in [0, 0.1) is 0 Å². The normalized spacial score (nSPS) is 13.0. The summed E-state index contributed by atoms with van der Waals surface area (Å²) in [6, 6.07) is -1.39. The van der Waals surface area contributed by atoms with Gasteiger partial charge in [0.2, 0.25) is 11.8 Å². The quantitative estimate of drug-likeness (QED) is 0.0291. The number of carboxylic acid groups (broad SMARTS) is 1. The third-order valence-corrected chi connectivity index (χ3v) is 8.54. The average molecular weight is 717 g/mol. The smallest absolute Gasteiger partial charge is 0.328 e. The van der Waals surface area contributed by atoms with Gasteiger partial charge < -0.3 is 25.6 Å². The van der Waals surface area contributed by atoms with Crippen molar-refractivity contribution in [2.75, 3.05) is 13.2 Å². The molecule has 2 unspecified atom stereocenters. The molecule has 292 valence electrons. The van der Waals surface area contributed by atoms with Gasteiger partial charge in [0.15, 0.2) is 0 Å². The second-order valence-corrected chi connectivity index (χ2v) is 13.3. The van der Waals surface area contributed by atoms with Crippen LogP contribution in [0.3, 0.4) is 0 Å². The van der Waals surface area contributed by atoms with Crippen LogP contribution in [-0.4, -0.2) is 59.3 Å². The Kier molecular flexibility index (Phi) is 34.3. The number of rotatable bonds is 35. The molecule has 0 aromatic rings. The molecule has 0 heterocycles. The Bertz CT molecular complexity index is 1010. The van der Waals surface area contributed by atoms with E-state index in [9.17, 15) is 19.2 Å². The average Bonchev–Trinajstić information content (AvgIpc) is 3.11. The van der Waals surface area contributed by atoms with Gasteiger partial charge in [-0.25, -0.2) is 4.79 Å². The van der Waals surface area contributed by atoms with Gasteiger partial charge in [0.05, 0.1) is 13.2 Å². The highest BCUT2D eigenvalue weighted by molar-refractivity contribution is 5.87. The summed E-state index contributed by atoms with van der Waals surface area (Å²) in [5.74, 6) is -2.42.